The Morgan fingerprint density at radius 2 is 1.88 bits per heavy atom. The van der Waals surface area contributed by atoms with Gasteiger partial charge in [0.2, 0.25) is 0 Å². The average Bonchev–Trinajstić information content (AvgIpc) is 2.62. The number of rotatable bonds is 3. The molecule has 3 rings (SSSR count). The van der Waals surface area contributed by atoms with Gasteiger partial charge in [-0.1, -0.05) is 30.3 Å². The van der Waals surface area contributed by atoms with E-state index in [2.05, 4.69) is 4.98 Å². The molecule has 1 aromatic carbocycles. The first-order valence-corrected chi connectivity index (χ1v) is 8.15. The van der Waals surface area contributed by atoms with Crippen LogP contribution in [0, 0.1) is 6.92 Å². The topological polar surface area (TPSA) is 70.5 Å². The van der Waals surface area contributed by atoms with E-state index in [0.717, 1.165) is 24.1 Å². The molecule has 5 nitrogen and oxygen atoms in total. The van der Waals surface area contributed by atoms with E-state index in [1.54, 1.807) is 13.0 Å². The lowest BCUT2D eigenvalue weighted by molar-refractivity contribution is -0.143. The highest BCUT2D eigenvalue weighted by Gasteiger charge is 2.33. The number of benzene rings is 1. The van der Waals surface area contributed by atoms with E-state index in [9.17, 15) is 14.7 Å². The van der Waals surface area contributed by atoms with E-state index >= 15 is 0 Å². The Morgan fingerprint density at radius 1 is 1.12 bits per heavy atom. The Hall–Kier alpha value is -2.69. The van der Waals surface area contributed by atoms with Crippen LogP contribution in [-0.2, 0) is 4.79 Å². The molecule has 1 N–H and O–H groups in total. The van der Waals surface area contributed by atoms with Gasteiger partial charge in [-0.05, 0) is 38.3 Å². The molecule has 0 unspecified atom stereocenters. The summed E-state index contributed by atoms with van der Waals surface area (Å²) in [4.78, 5) is 30.2. The Labute approximate surface area is 140 Å². The third-order valence-electron chi connectivity index (χ3n) is 4.43. The predicted octanol–water partition coefficient (Wildman–Crippen LogP) is 3.14. The standard InChI is InChI=1S/C19H20N2O3/c1-13-15(10-11-16(20-13)14-7-3-2-4-8-14)18(22)21-12-6-5-9-17(21)19(23)24/h2-4,7-8,10-11,17H,5-6,9,12H2,1H3,(H,23,24)/t17-/m1/s1. The second kappa shape index (κ2) is 6.83. The van der Waals surface area contributed by atoms with Crippen LogP contribution in [0.25, 0.3) is 11.3 Å². The van der Waals surface area contributed by atoms with Crippen LogP contribution in [-0.4, -0.2) is 39.5 Å². The van der Waals surface area contributed by atoms with Crippen molar-refractivity contribution < 1.29 is 14.7 Å². The molecular formula is C19H20N2O3. The molecule has 0 spiro atoms. The maximum Gasteiger partial charge on any atom is 0.326 e. The summed E-state index contributed by atoms with van der Waals surface area (Å²) >= 11 is 0. The molecule has 1 saturated heterocycles. The molecule has 0 bridgehead atoms. The zero-order valence-corrected chi connectivity index (χ0v) is 13.6. The lowest BCUT2D eigenvalue weighted by atomic mass is 10.00. The molecule has 5 heteroatoms. The number of carboxylic acids is 1. The number of aliphatic carboxylic acids is 1. The summed E-state index contributed by atoms with van der Waals surface area (Å²) in [6.07, 6.45) is 2.19. The number of carbonyl (C=O) groups is 2. The zero-order chi connectivity index (χ0) is 17.1. The highest BCUT2D eigenvalue weighted by Crippen LogP contribution is 2.23. The van der Waals surface area contributed by atoms with Crippen LogP contribution in [0.1, 0.15) is 35.3 Å². The third-order valence-corrected chi connectivity index (χ3v) is 4.43. The molecule has 0 saturated carbocycles. The monoisotopic (exact) mass is 324 g/mol. The summed E-state index contributed by atoms with van der Waals surface area (Å²) in [6.45, 7) is 2.27. The number of amides is 1. The normalized spacial score (nSPS) is 17.5. The molecule has 124 valence electrons. The number of aromatic nitrogens is 1. The van der Waals surface area contributed by atoms with Gasteiger partial charge in [-0.2, -0.15) is 0 Å². The maximum absolute atomic E-state index is 12.8. The smallest absolute Gasteiger partial charge is 0.326 e. The molecule has 0 aliphatic carbocycles. The molecular weight excluding hydrogens is 304 g/mol. The average molecular weight is 324 g/mol. The van der Waals surface area contributed by atoms with E-state index in [1.165, 1.54) is 4.90 Å². The lowest BCUT2D eigenvalue weighted by Gasteiger charge is -2.33. The SMILES string of the molecule is Cc1nc(-c2ccccc2)ccc1C(=O)N1CCCC[C@@H]1C(=O)O. The van der Waals surface area contributed by atoms with Gasteiger partial charge >= 0.3 is 5.97 Å². The number of carbonyl (C=O) groups excluding carboxylic acids is 1. The molecule has 24 heavy (non-hydrogen) atoms. The van der Waals surface area contributed by atoms with Gasteiger partial charge in [0.15, 0.2) is 0 Å². The van der Waals surface area contributed by atoms with Crippen molar-refractivity contribution in [2.45, 2.75) is 32.2 Å². The number of nitrogens with zero attached hydrogens (tertiary/aromatic N) is 2. The number of likely N-dealkylation sites (tertiary alicyclic amines) is 1. The second-order valence-corrected chi connectivity index (χ2v) is 6.04. The maximum atomic E-state index is 12.8. The van der Waals surface area contributed by atoms with Crippen molar-refractivity contribution in [1.29, 1.82) is 0 Å². The third kappa shape index (κ3) is 3.15. The molecule has 1 aromatic heterocycles. The number of hydrogen-bond donors (Lipinski definition) is 1. The van der Waals surface area contributed by atoms with E-state index in [0.29, 0.717) is 24.2 Å². The molecule has 1 aliphatic rings. The fourth-order valence-corrected chi connectivity index (χ4v) is 3.14. The molecule has 1 atom stereocenters. The largest absolute Gasteiger partial charge is 0.480 e. The van der Waals surface area contributed by atoms with Crippen molar-refractivity contribution >= 4 is 11.9 Å². The Bertz CT molecular complexity index is 758. The minimum atomic E-state index is -0.936. The van der Waals surface area contributed by atoms with E-state index in [4.69, 9.17) is 0 Å². The van der Waals surface area contributed by atoms with Crippen molar-refractivity contribution in [1.82, 2.24) is 9.88 Å². The van der Waals surface area contributed by atoms with E-state index < -0.39 is 12.0 Å². The van der Waals surface area contributed by atoms with Crippen LogP contribution in [0.2, 0.25) is 0 Å². The van der Waals surface area contributed by atoms with E-state index in [-0.39, 0.29) is 5.91 Å². The summed E-state index contributed by atoms with van der Waals surface area (Å²) in [5, 5.41) is 9.36. The Balaban J connectivity index is 1.89. The minimum Gasteiger partial charge on any atom is -0.480 e. The summed E-state index contributed by atoms with van der Waals surface area (Å²) in [6, 6.07) is 12.6. The molecule has 1 amide bonds. The first-order chi connectivity index (χ1) is 11.6. The van der Waals surface area contributed by atoms with Crippen molar-refractivity contribution in [2.75, 3.05) is 6.54 Å². The Morgan fingerprint density at radius 3 is 2.54 bits per heavy atom. The van der Waals surface area contributed by atoms with Gasteiger partial charge < -0.3 is 10.0 Å². The van der Waals surface area contributed by atoms with Crippen LogP contribution < -0.4 is 0 Å². The fraction of sp³-hybridized carbons (Fsp3) is 0.316. The number of aryl methyl sites for hydroxylation is 1. The van der Waals surface area contributed by atoms with Crippen LogP contribution >= 0.6 is 0 Å². The highest BCUT2D eigenvalue weighted by molar-refractivity contribution is 5.97. The molecule has 2 aromatic rings. The van der Waals surface area contributed by atoms with Crippen molar-refractivity contribution in [3.8, 4) is 11.3 Å². The number of piperidine rings is 1. The van der Waals surface area contributed by atoms with Gasteiger partial charge in [-0.15, -0.1) is 0 Å². The molecule has 0 radical (unpaired) electrons. The first kappa shape index (κ1) is 16.2. The van der Waals surface area contributed by atoms with Crippen LogP contribution in [0.3, 0.4) is 0 Å². The summed E-state index contributed by atoms with van der Waals surface area (Å²) < 4.78 is 0. The van der Waals surface area contributed by atoms with Gasteiger partial charge in [0, 0.05) is 12.1 Å². The second-order valence-electron chi connectivity index (χ2n) is 6.04. The Kier molecular flexibility index (Phi) is 4.60. The molecule has 2 heterocycles. The van der Waals surface area contributed by atoms with Crippen LogP contribution in [0.5, 0.6) is 0 Å². The zero-order valence-electron chi connectivity index (χ0n) is 13.6. The van der Waals surface area contributed by atoms with Crippen LogP contribution in [0.15, 0.2) is 42.5 Å². The van der Waals surface area contributed by atoms with Gasteiger partial charge in [-0.25, -0.2) is 4.79 Å². The summed E-state index contributed by atoms with van der Waals surface area (Å²) in [7, 11) is 0. The van der Waals surface area contributed by atoms with E-state index in [1.807, 2.05) is 36.4 Å². The summed E-state index contributed by atoms with van der Waals surface area (Å²) in [5.74, 6) is -1.18. The molecule has 1 aliphatic heterocycles. The number of carboxylic acid groups (broad SMARTS) is 1. The van der Waals surface area contributed by atoms with Gasteiger partial charge in [0.1, 0.15) is 6.04 Å². The first-order valence-electron chi connectivity index (χ1n) is 8.15. The predicted molar refractivity (Wildman–Crippen MR) is 90.7 cm³/mol. The van der Waals surface area contributed by atoms with Gasteiger partial charge in [-0.3, -0.25) is 9.78 Å². The minimum absolute atomic E-state index is 0.244. The van der Waals surface area contributed by atoms with Gasteiger partial charge in [0.25, 0.3) is 5.91 Å². The molecule has 1 fully saturated rings. The summed E-state index contributed by atoms with van der Waals surface area (Å²) in [5.41, 5.74) is 2.89. The lowest BCUT2D eigenvalue weighted by Crippen LogP contribution is -2.48. The number of hydrogen-bond acceptors (Lipinski definition) is 3. The van der Waals surface area contributed by atoms with Crippen LogP contribution in [0.4, 0.5) is 0 Å². The van der Waals surface area contributed by atoms with Crippen molar-refractivity contribution in [3.63, 3.8) is 0 Å². The van der Waals surface area contributed by atoms with Crippen molar-refractivity contribution in [2.24, 2.45) is 0 Å². The fourth-order valence-electron chi connectivity index (χ4n) is 3.14. The quantitative estimate of drug-likeness (QED) is 0.941. The highest BCUT2D eigenvalue weighted by atomic mass is 16.4. The number of pyridine rings is 1. The van der Waals surface area contributed by atoms with Gasteiger partial charge in [0.05, 0.1) is 17.0 Å². The van der Waals surface area contributed by atoms with Crippen molar-refractivity contribution in [3.05, 3.63) is 53.7 Å².